The summed E-state index contributed by atoms with van der Waals surface area (Å²) in [7, 11) is 0. The largest absolute Gasteiger partial charge is 0.253 e. The Morgan fingerprint density at radius 2 is 2.30 bits per heavy atom. The highest BCUT2D eigenvalue weighted by molar-refractivity contribution is 5.71. The summed E-state index contributed by atoms with van der Waals surface area (Å²) in [4.78, 5) is 11.6. The first-order valence-corrected chi connectivity index (χ1v) is 2.90. The number of aromatic nitrogens is 3. The maximum absolute atomic E-state index is 7.35. The van der Waals surface area contributed by atoms with Gasteiger partial charge in [-0.1, -0.05) is 0 Å². The fourth-order valence-electron chi connectivity index (χ4n) is 0.768. The van der Waals surface area contributed by atoms with Crippen molar-refractivity contribution in [2.24, 2.45) is 0 Å². The molecule has 0 amide bonds. The van der Waals surface area contributed by atoms with Gasteiger partial charge in [0.1, 0.15) is 11.8 Å². The second-order valence-corrected chi connectivity index (χ2v) is 1.86. The molecule has 0 radical (unpaired) electrons. The fourth-order valence-corrected chi connectivity index (χ4v) is 0.768. The molecule has 0 atom stereocenters. The van der Waals surface area contributed by atoms with Gasteiger partial charge in [-0.15, -0.1) is 0 Å². The van der Waals surface area contributed by atoms with Crippen LogP contribution >= 0.6 is 0 Å². The van der Waals surface area contributed by atoms with Crippen LogP contribution in [0.5, 0.6) is 0 Å². The van der Waals surface area contributed by atoms with E-state index in [1.54, 1.807) is 12.3 Å². The van der Waals surface area contributed by atoms with Crippen molar-refractivity contribution in [1.82, 2.24) is 15.0 Å². The van der Waals surface area contributed by atoms with Crippen molar-refractivity contribution in [1.29, 1.82) is 0 Å². The lowest BCUT2D eigenvalue weighted by Gasteiger charge is -1.89. The van der Waals surface area contributed by atoms with Crippen LogP contribution in [0, 0.1) is 0 Å². The third kappa shape index (κ3) is 0.719. The molecular formula is C7H5N3. The van der Waals surface area contributed by atoms with E-state index in [0.29, 0.717) is 11.0 Å². The first-order chi connectivity index (χ1) is 5.38. The molecule has 2 rings (SSSR count). The molecule has 2 heterocycles. The van der Waals surface area contributed by atoms with Gasteiger partial charge in [-0.3, -0.25) is 4.98 Å². The lowest BCUT2D eigenvalue weighted by Crippen LogP contribution is -1.81. The maximum atomic E-state index is 7.35. The number of rotatable bonds is 0. The highest BCUT2D eigenvalue weighted by Gasteiger charge is 1.89. The van der Waals surface area contributed by atoms with Crippen molar-refractivity contribution in [3.63, 3.8) is 0 Å². The number of nitrogens with zero attached hydrogens (tertiary/aromatic N) is 3. The summed E-state index contributed by atoms with van der Waals surface area (Å²) in [6, 6.07) is 3.59. The topological polar surface area (TPSA) is 38.7 Å². The van der Waals surface area contributed by atoms with Gasteiger partial charge in [0.15, 0.2) is 0 Å². The van der Waals surface area contributed by atoms with E-state index in [-0.39, 0.29) is 6.17 Å². The molecule has 0 aromatic carbocycles. The second kappa shape index (κ2) is 2.02. The molecule has 0 spiro atoms. The summed E-state index contributed by atoms with van der Waals surface area (Å²) < 4.78 is 7.35. The zero-order chi connectivity index (χ0) is 7.68. The summed E-state index contributed by atoms with van der Waals surface area (Å²) in [6.07, 6.45) is 3.17. The van der Waals surface area contributed by atoms with Crippen molar-refractivity contribution in [3.8, 4) is 0 Å². The van der Waals surface area contributed by atoms with Gasteiger partial charge in [0, 0.05) is 6.20 Å². The fraction of sp³-hybridized carbons (Fsp3) is 0. The second-order valence-electron chi connectivity index (χ2n) is 1.86. The standard InChI is InChI=1S/C7H5N3/c1-2-6-7(9-3-1)4-8-5-10-6/h1-5H/i4D. The van der Waals surface area contributed by atoms with E-state index in [4.69, 9.17) is 1.37 Å². The van der Waals surface area contributed by atoms with Crippen LogP contribution in [0.4, 0.5) is 0 Å². The molecule has 0 saturated heterocycles. The molecule has 3 nitrogen and oxygen atoms in total. The summed E-state index contributed by atoms with van der Waals surface area (Å²) in [5.74, 6) is 0. The SMILES string of the molecule is [2H]c1ncnc2cccnc12. The highest BCUT2D eigenvalue weighted by atomic mass is 14.8. The predicted octanol–water partition coefficient (Wildman–Crippen LogP) is 1.02. The third-order valence-electron chi connectivity index (χ3n) is 1.21. The van der Waals surface area contributed by atoms with Crippen LogP contribution in [0.1, 0.15) is 1.37 Å². The van der Waals surface area contributed by atoms with Crippen LogP contribution in [0.25, 0.3) is 11.0 Å². The number of pyridine rings is 1. The van der Waals surface area contributed by atoms with Crippen molar-refractivity contribution in [2.45, 2.75) is 0 Å². The molecule has 0 aliphatic carbocycles. The van der Waals surface area contributed by atoms with Crippen LogP contribution in [0.3, 0.4) is 0 Å². The molecule has 0 aliphatic rings. The average Bonchev–Trinajstić information content (AvgIpc) is 2.06. The Kier molecular flexibility index (Phi) is 0.875. The van der Waals surface area contributed by atoms with E-state index in [1.807, 2.05) is 6.07 Å². The Labute approximate surface area is 59.2 Å². The molecule has 0 fully saturated rings. The first-order valence-electron chi connectivity index (χ1n) is 3.40. The molecule has 2 aromatic rings. The molecule has 48 valence electrons. The normalized spacial score (nSPS) is 11.4. The van der Waals surface area contributed by atoms with E-state index in [1.165, 1.54) is 6.33 Å². The van der Waals surface area contributed by atoms with Gasteiger partial charge in [0.05, 0.1) is 13.1 Å². The molecule has 0 N–H and O–H groups in total. The predicted molar refractivity (Wildman–Crippen MR) is 37.3 cm³/mol. The molecule has 0 bridgehead atoms. The monoisotopic (exact) mass is 132 g/mol. The zero-order valence-electron chi connectivity index (χ0n) is 6.15. The Morgan fingerprint density at radius 3 is 3.20 bits per heavy atom. The van der Waals surface area contributed by atoms with E-state index in [9.17, 15) is 0 Å². The molecule has 2 aromatic heterocycles. The van der Waals surface area contributed by atoms with Crippen molar-refractivity contribution < 1.29 is 1.37 Å². The Morgan fingerprint density at radius 1 is 1.30 bits per heavy atom. The summed E-state index contributed by atoms with van der Waals surface area (Å²) in [6.45, 7) is 0. The molecule has 3 heteroatoms. The summed E-state index contributed by atoms with van der Waals surface area (Å²) >= 11 is 0. The van der Waals surface area contributed by atoms with E-state index < -0.39 is 0 Å². The number of hydrogen-bond donors (Lipinski definition) is 0. The smallest absolute Gasteiger partial charge is 0.116 e. The molecule has 0 saturated carbocycles. The minimum atomic E-state index is 0.176. The average molecular weight is 132 g/mol. The minimum absolute atomic E-state index is 0.176. The molecular weight excluding hydrogens is 126 g/mol. The summed E-state index contributed by atoms with van der Waals surface area (Å²) in [5.41, 5.74) is 1.27. The van der Waals surface area contributed by atoms with Gasteiger partial charge in [-0.05, 0) is 12.1 Å². The number of fused-ring (bicyclic) bond motifs is 1. The lowest BCUT2D eigenvalue weighted by molar-refractivity contribution is 1.20. The Bertz CT molecular complexity index is 383. The van der Waals surface area contributed by atoms with Gasteiger partial charge < -0.3 is 0 Å². The molecule has 0 unspecified atom stereocenters. The highest BCUT2D eigenvalue weighted by Crippen LogP contribution is 2.02. The quantitative estimate of drug-likeness (QED) is 0.537. The third-order valence-corrected chi connectivity index (χ3v) is 1.21. The van der Waals surface area contributed by atoms with Crippen LogP contribution in [0.2, 0.25) is 0 Å². The van der Waals surface area contributed by atoms with Gasteiger partial charge in [0.2, 0.25) is 0 Å². The van der Waals surface area contributed by atoms with Crippen LogP contribution in [0.15, 0.2) is 30.8 Å². The minimum Gasteiger partial charge on any atom is -0.253 e. The van der Waals surface area contributed by atoms with E-state index >= 15 is 0 Å². The van der Waals surface area contributed by atoms with Gasteiger partial charge in [0.25, 0.3) is 0 Å². The lowest BCUT2D eigenvalue weighted by atomic mass is 10.4. The zero-order valence-corrected chi connectivity index (χ0v) is 5.15. The van der Waals surface area contributed by atoms with Crippen molar-refractivity contribution >= 4 is 11.0 Å². The van der Waals surface area contributed by atoms with Crippen molar-refractivity contribution in [3.05, 3.63) is 30.8 Å². The van der Waals surface area contributed by atoms with Crippen LogP contribution in [-0.4, -0.2) is 15.0 Å². The van der Waals surface area contributed by atoms with Crippen LogP contribution in [-0.2, 0) is 0 Å². The number of hydrogen-bond acceptors (Lipinski definition) is 3. The van der Waals surface area contributed by atoms with Gasteiger partial charge in [-0.2, -0.15) is 0 Å². The Hall–Kier alpha value is -1.51. The van der Waals surface area contributed by atoms with Crippen LogP contribution < -0.4 is 0 Å². The first kappa shape index (κ1) is 4.33. The van der Waals surface area contributed by atoms with Crippen molar-refractivity contribution in [2.75, 3.05) is 0 Å². The maximum Gasteiger partial charge on any atom is 0.116 e. The molecule has 10 heavy (non-hydrogen) atoms. The van der Waals surface area contributed by atoms with E-state index in [0.717, 1.165) is 0 Å². The Balaban J connectivity index is 2.91. The van der Waals surface area contributed by atoms with Gasteiger partial charge >= 0.3 is 0 Å². The van der Waals surface area contributed by atoms with E-state index in [2.05, 4.69) is 15.0 Å². The van der Waals surface area contributed by atoms with Gasteiger partial charge in [-0.25, -0.2) is 9.97 Å². The summed E-state index contributed by atoms with van der Waals surface area (Å²) in [5, 5.41) is 0. The molecule has 0 aliphatic heterocycles.